The zero-order valence-corrected chi connectivity index (χ0v) is 11.1. The topological polar surface area (TPSA) is 65.5 Å². The molecule has 5 nitrogen and oxygen atoms in total. The molecular weight excluding hydrogens is 256 g/mol. The van der Waals surface area contributed by atoms with Gasteiger partial charge in [0.1, 0.15) is 0 Å². The van der Waals surface area contributed by atoms with Gasteiger partial charge < -0.3 is 15.3 Å². The Morgan fingerprint density at radius 3 is 2.74 bits per heavy atom. The van der Waals surface area contributed by atoms with E-state index >= 15 is 0 Å². The third kappa shape index (κ3) is 4.53. The van der Waals surface area contributed by atoms with Crippen LogP contribution in [0.3, 0.4) is 0 Å². The fraction of sp³-hybridized carbons (Fsp3) is 0.500. The minimum Gasteiger partial charge on any atom is -0.387 e. The molecule has 1 unspecified atom stereocenters. The average molecular weight is 273 g/mol. The largest absolute Gasteiger partial charge is 0.387 e. The summed E-state index contributed by atoms with van der Waals surface area (Å²) in [6.07, 6.45) is 1.01. The molecule has 0 aromatic carbocycles. The zero-order valence-electron chi connectivity index (χ0n) is 11.1. The average Bonchev–Trinajstić information content (AvgIpc) is 2.28. The lowest BCUT2D eigenvalue weighted by atomic mass is 10.1. The lowest BCUT2D eigenvalue weighted by Gasteiger charge is -2.27. The molecule has 0 saturated heterocycles. The molecule has 1 heterocycles. The molecule has 1 amide bonds. The number of aromatic nitrogens is 1. The molecule has 106 valence electrons. The van der Waals surface area contributed by atoms with Gasteiger partial charge in [0.15, 0.2) is 5.82 Å². The second-order valence-corrected chi connectivity index (χ2v) is 4.88. The van der Waals surface area contributed by atoms with Crippen LogP contribution in [0.4, 0.5) is 8.78 Å². The number of halogens is 2. The summed E-state index contributed by atoms with van der Waals surface area (Å²) >= 11 is 0. The second kappa shape index (κ2) is 6.03. The summed E-state index contributed by atoms with van der Waals surface area (Å²) in [5.74, 6) is -3.42. The van der Waals surface area contributed by atoms with E-state index in [1.807, 2.05) is 0 Å². The quantitative estimate of drug-likeness (QED) is 0.762. The molecule has 0 aliphatic rings. The van der Waals surface area contributed by atoms with Gasteiger partial charge in [0.05, 0.1) is 11.2 Å². The van der Waals surface area contributed by atoms with Crippen LogP contribution in [0.15, 0.2) is 12.3 Å². The Morgan fingerprint density at radius 2 is 2.16 bits per heavy atom. The van der Waals surface area contributed by atoms with Crippen LogP contribution in [0, 0.1) is 11.8 Å². The zero-order chi connectivity index (χ0) is 14.6. The molecular formula is C12H17F2N3O2. The Hall–Kier alpha value is -1.60. The lowest BCUT2D eigenvalue weighted by Crippen LogP contribution is -2.47. The van der Waals surface area contributed by atoms with Gasteiger partial charge in [-0.3, -0.25) is 4.79 Å². The highest BCUT2D eigenvalue weighted by Gasteiger charge is 2.23. The van der Waals surface area contributed by atoms with E-state index in [4.69, 9.17) is 0 Å². The van der Waals surface area contributed by atoms with Crippen LogP contribution in [0.2, 0.25) is 0 Å². The predicted molar refractivity (Wildman–Crippen MR) is 65.7 cm³/mol. The predicted octanol–water partition coefficient (Wildman–Crippen LogP) is 0.402. The number of carbonyl (C=O) groups is 1. The molecule has 7 heteroatoms. The Balaban J connectivity index is 2.68. The van der Waals surface area contributed by atoms with Gasteiger partial charge in [-0.15, -0.1) is 0 Å². The highest BCUT2D eigenvalue weighted by molar-refractivity contribution is 5.94. The van der Waals surface area contributed by atoms with E-state index in [1.54, 1.807) is 19.0 Å². The first kappa shape index (κ1) is 15.5. The minimum atomic E-state index is -1.33. The van der Waals surface area contributed by atoms with Crippen LogP contribution >= 0.6 is 0 Å². The number of pyridine rings is 1. The molecule has 1 rings (SSSR count). The van der Waals surface area contributed by atoms with Crippen molar-refractivity contribution in [1.82, 2.24) is 15.2 Å². The summed E-state index contributed by atoms with van der Waals surface area (Å²) in [4.78, 5) is 16.5. The summed E-state index contributed by atoms with van der Waals surface area (Å²) < 4.78 is 26.2. The summed E-state index contributed by atoms with van der Waals surface area (Å²) in [7, 11) is 3.54. The van der Waals surface area contributed by atoms with Gasteiger partial charge in [-0.2, -0.15) is 4.39 Å². The number of aliphatic hydroxyl groups is 1. The fourth-order valence-electron chi connectivity index (χ4n) is 1.70. The Bertz CT molecular complexity index is 464. The first-order valence-electron chi connectivity index (χ1n) is 5.68. The second-order valence-electron chi connectivity index (χ2n) is 4.88. The first-order chi connectivity index (χ1) is 8.73. The van der Waals surface area contributed by atoms with Crippen molar-refractivity contribution in [3.05, 3.63) is 29.6 Å². The third-order valence-electron chi connectivity index (χ3n) is 2.38. The Kier molecular flexibility index (Phi) is 4.90. The van der Waals surface area contributed by atoms with Gasteiger partial charge in [0, 0.05) is 19.3 Å². The van der Waals surface area contributed by atoms with Crippen molar-refractivity contribution in [3.63, 3.8) is 0 Å². The number of hydrogen-bond donors (Lipinski definition) is 2. The SMILES string of the molecule is CN(C)CC(C)(O)CNC(=O)c1ccnc(F)c1F. The van der Waals surface area contributed by atoms with Crippen LogP contribution in [-0.2, 0) is 0 Å². The van der Waals surface area contributed by atoms with E-state index in [2.05, 4.69) is 10.3 Å². The molecule has 2 N–H and O–H groups in total. The molecule has 0 aliphatic carbocycles. The third-order valence-corrected chi connectivity index (χ3v) is 2.38. The van der Waals surface area contributed by atoms with E-state index < -0.39 is 28.8 Å². The molecule has 0 saturated carbocycles. The summed E-state index contributed by atoms with van der Waals surface area (Å²) in [5, 5.41) is 12.3. The highest BCUT2D eigenvalue weighted by atomic mass is 19.2. The smallest absolute Gasteiger partial charge is 0.254 e. The number of likely N-dealkylation sites (N-methyl/N-ethyl adjacent to an activating group) is 1. The van der Waals surface area contributed by atoms with Gasteiger partial charge in [0.25, 0.3) is 5.91 Å². The van der Waals surface area contributed by atoms with Crippen LogP contribution in [0.25, 0.3) is 0 Å². The summed E-state index contributed by atoms with van der Waals surface area (Å²) in [6, 6.07) is 1.08. The summed E-state index contributed by atoms with van der Waals surface area (Å²) in [6.45, 7) is 1.78. The van der Waals surface area contributed by atoms with Crippen molar-refractivity contribution in [1.29, 1.82) is 0 Å². The van der Waals surface area contributed by atoms with Gasteiger partial charge in [-0.1, -0.05) is 0 Å². The molecule has 0 radical (unpaired) electrons. The van der Waals surface area contributed by atoms with E-state index in [0.717, 1.165) is 12.3 Å². The van der Waals surface area contributed by atoms with Crippen molar-refractivity contribution in [2.45, 2.75) is 12.5 Å². The maximum Gasteiger partial charge on any atom is 0.254 e. The van der Waals surface area contributed by atoms with Gasteiger partial charge in [0.2, 0.25) is 5.95 Å². The highest BCUT2D eigenvalue weighted by Crippen LogP contribution is 2.09. The maximum atomic E-state index is 13.3. The van der Waals surface area contributed by atoms with Crippen molar-refractivity contribution in [3.8, 4) is 0 Å². The monoisotopic (exact) mass is 273 g/mol. The minimum absolute atomic E-state index is 0.0760. The van der Waals surface area contributed by atoms with Crippen molar-refractivity contribution in [2.24, 2.45) is 0 Å². The van der Waals surface area contributed by atoms with Crippen molar-refractivity contribution in [2.75, 3.05) is 27.2 Å². The molecule has 0 bridgehead atoms. The van der Waals surface area contributed by atoms with Crippen LogP contribution < -0.4 is 5.32 Å². The van der Waals surface area contributed by atoms with Gasteiger partial charge in [-0.25, -0.2) is 9.37 Å². The maximum absolute atomic E-state index is 13.3. The molecule has 0 spiro atoms. The first-order valence-corrected chi connectivity index (χ1v) is 5.68. The molecule has 1 atom stereocenters. The molecule has 1 aromatic heterocycles. The van der Waals surface area contributed by atoms with Crippen molar-refractivity contribution >= 4 is 5.91 Å². The molecule has 0 aliphatic heterocycles. The number of nitrogens with zero attached hydrogens (tertiary/aromatic N) is 2. The van der Waals surface area contributed by atoms with E-state index in [0.29, 0.717) is 6.54 Å². The molecule has 1 aromatic rings. The van der Waals surface area contributed by atoms with Crippen LogP contribution in [0.5, 0.6) is 0 Å². The number of rotatable bonds is 5. The Labute approximate surface area is 110 Å². The van der Waals surface area contributed by atoms with Crippen LogP contribution in [0.1, 0.15) is 17.3 Å². The normalized spacial score (nSPS) is 14.3. The van der Waals surface area contributed by atoms with E-state index in [9.17, 15) is 18.7 Å². The lowest BCUT2D eigenvalue weighted by molar-refractivity contribution is 0.0325. The number of carbonyl (C=O) groups excluding carboxylic acids is 1. The number of hydrogen-bond acceptors (Lipinski definition) is 4. The molecule has 19 heavy (non-hydrogen) atoms. The number of nitrogens with one attached hydrogen (secondary N) is 1. The van der Waals surface area contributed by atoms with Crippen LogP contribution in [-0.4, -0.2) is 53.7 Å². The van der Waals surface area contributed by atoms with Crippen molar-refractivity contribution < 1.29 is 18.7 Å². The standard InChI is InChI=1S/C12H17F2N3O2/c1-12(19,7-17(2)3)6-16-11(18)8-4-5-15-10(14)9(8)13/h4-5,19H,6-7H2,1-3H3,(H,16,18). The van der Waals surface area contributed by atoms with E-state index in [-0.39, 0.29) is 6.54 Å². The summed E-state index contributed by atoms with van der Waals surface area (Å²) in [5.41, 5.74) is -1.60. The molecule has 0 fully saturated rings. The fourth-order valence-corrected chi connectivity index (χ4v) is 1.70. The van der Waals surface area contributed by atoms with Gasteiger partial charge >= 0.3 is 0 Å². The number of amides is 1. The van der Waals surface area contributed by atoms with E-state index in [1.165, 1.54) is 6.92 Å². The van der Waals surface area contributed by atoms with Gasteiger partial charge in [-0.05, 0) is 27.1 Å². The Morgan fingerprint density at radius 1 is 1.53 bits per heavy atom.